The summed E-state index contributed by atoms with van der Waals surface area (Å²) in [5, 5.41) is 124. The molecule has 4 aliphatic rings. The van der Waals surface area contributed by atoms with Gasteiger partial charge in [0.25, 0.3) is 0 Å². The molecule has 0 unspecified atom stereocenters. The molecule has 20 atom stereocenters. The Hall–Kier alpha value is -1.33. The second-order valence-electron chi connectivity index (χ2n) is 11.6. The van der Waals surface area contributed by atoms with Crippen molar-refractivity contribution in [3.8, 4) is 0 Å². The fourth-order valence-corrected chi connectivity index (χ4v) is 5.80. The lowest BCUT2D eigenvalue weighted by Crippen LogP contribution is -2.68. The Balaban J connectivity index is 1.55. The van der Waals surface area contributed by atoms with Gasteiger partial charge < -0.3 is 104 Å². The molecule has 4 heterocycles. The summed E-state index contributed by atoms with van der Waals surface area (Å²) in [5.41, 5.74) is 0. The van der Waals surface area contributed by atoms with Crippen LogP contribution in [0, 0.1) is 0 Å². The summed E-state index contributed by atoms with van der Waals surface area (Å²) in [6.07, 6.45) is -35.9. The van der Waals surface area contributed by atoms with Gasteiger partial charge in [0.05, 0.1) is 26.9 Å². The monoisotopic (exact) mass is 708 g/mol. The van der Waals surface area contributed by atoms with Crippen LogP contribution in [0.25, 0.3) is 0 Å². The summed E-state index contributed by atoms with van der Waals surface area (Å²) in [6.45, 7) is -2.56. The summed E-state index contributed by atoms with van der Waals surface area (Å²) < 4.78 is 48.5. The minimum Gasteiger partial charge on any atom is -0.467 e. The molecule has 0 aromatic carbocycles. The quantitative estimate of drug-likeness (QED) is 0.0886. The molecule has 0 aromatic rings. The van der Waals surface area contributed by atoms with E-state index in [1.54, 1.807) is 0 Å². The first-order chi connectivity index (χ1) is 22.7. The fourth-order valence-electron chi connectivity index (χ4n) is 5.80. The van der Waals surface area contributed by atoms with Crippen LogP contribution in [0.5, 0.6) is 0 Å². The third-order valence-electron chi connectivity index (χ3n) is 8.57. The summed E-state index contributed by atoms with van der Waals surface area (Å²) in [4.78, 5) is 12.2. The number of esters is 1. The zero-order chi connectivity index (χ0) is 35.6. The number of carbonyl (C=O) groups excluding carboxylic acids is 1. The molecule has 0 saturated carbocycles. The molecule has 0 spiro atoms. The number of aliphatic hydroxyl groups excluding tert-OH is 12. The van der Waals surface area contributed by atoms with Gasteiger partial charge in [0, 0.05) is 7.11 Å². The van der Waals surface area contributed by atoms with Crippen molar-refractivity contribution >= 4 is 5.97 Å². The lowest BCUT2D eigenvalue weighted by molar-refractivity contribution is -0.392. The van der Waals surface area contributed by atoms with Gasteiger partial charge >= 0.3 is 5.97 Å². The van der Waals surface area contributed by atoms with E-state index in [1.807, 2.05) is 0 Å². The molecule has 22 nitrogen and oxygen atoms in total. The second kappa shape index (κ2) is 16.8. The van der Waals surface area contributed by atoms with Crippen molar-refractivity contribution in [2.75, 3.05) is 34.0 Å². The van der Waals surface area contributed by atoms with Crippen LogP contribution in [0.2, 0.25) is 0 Å². The van der Waals surface area contributed by atoms with E-state index >= 15 is 0 Å². The smallest absolute Gasteiger partial charge is 0.337 e. The Bertz CT molecular complexity index is 1020. The first-order valence-electron chi connectivity index (χ1n) is 14.9. The lowest BCUT2D eigenvalue weighted by Gasteiger charge is -2.49. The topological polar surface area (TPSA) is 343 Å². The number of hydrogen-bond acceptors (Lipinski definition) is 22. The van der Waals surface area contributed by atoms with Gasteiger partial charge in [-0.15, -0.1) is 0 Å². The largest absolute Gasteiger partial charge is 0.467 e. The van der Waals surface area contributed by atoms with E-state index in [4.69, 9.17) is 37.9 Å². The first kappa shape index (κ1) is 39.5. The van der Waals surface area contributed by atoms with E-state index in [0.717, 1.165) is 14.2 Å². The van der Waals surface area contributed by atoms with E-state index in [9.17, 15) is 66.1 Å². The van der Waals surface area contributed by atoms with Crippen LogP contribution in [0.3, 0.4) is 0 Å². The van der Waals surface area contributed by atoms with Gasteiger partial charge in [-0.2, -0.15) is 0 Å². The molecule has 0 aliphatic carbocycles. The number of aliphatic hydroxyl groups is 12. The van der Waals surface area contributed by atoms with Gasteiger partial charge in [-0.1, -0.05) is 0 Å². The molecule has 22 heteroatoms. The van der Waals surface area contributed by atoms with E-state index in [1.165, 1.54) is 0 Å². The predicted octanol–water partition coefficient (Wildman–Crippen LogP) is -8.91. The van der Waals surface area contributed by atoms with Crippen molar-refractivity contribution in [1.82, 2.24) is 0 Å². The maximum atomic E-state index is 12.2. The Morgan fingerprint density at radius 2 is 0.917 bits per heavy atom. The highest BCUT2D eigenvalue weighted by Gasteiger charge is 2.56. The minimum absolute atomic E-state index is 0.795. The van der Waals surface area contributed by atoms with Crippen LogP contribution in [0.1, 0.15) is 0 Å². The SMILES string of the molecule is COC(=O)[C@H]1O[C@H](O[C@@H]2[C@H](O)[C@H](OC)O[C@H](CO)[C@H]2O[C@@H]2O[C@H](CO)[C@@H](O[C@H]3O[C@H](CO)[C@@H](O)[C@H](O)[C@H]3O)[C@H](O)[C@H]2O)[C@H](O)[C@@H](O)[C@@H]1O. The maximum absolute atomic E-state index is 12.2. The van der Waals surface area contributed by atoms with Crippen LogP contribution in [0.4, 0.5) is 0 Å². The molecule has 4 aliphatic heterocycles. The highest BCUT2D eigenvalue weighted by atomic mass is 16.8. The number of hydrogen-bond donors (Lipinski definition) is 12. The number of ether oxygens (including phenoxy) is 9. The third kappa shape index (κ3) is 7.78. The zero-order valence-corrected chi connectivity index (χ0v) is 25.6. The van der Waals surface area contributed by atoms with Gasteiger partial charge in [-0.3, -0.25) is 0 Å². The molecule has 280 valence electrons. The van der Waals surface area contributed by atoms with Crippen LogP contribution in [-0.4, -0.2) is 224 Å². The standard InChI is InChI=1S/C26H44O22/c1-40-22(39)21-12(33)11(32)15(36)26(48-21)47-20-17(38)23(41-2)43-8(5-29)19(20)46-25-16(37)13(34)18(7(4-28)44-25)45-24-14(35)10(31)9(30)6(3-27)42-24/h6-21,23-38H,3-5H2,1-2H3/t6-,7-,8-,9-,10+,11+,12+,13-,14-,15-,16-,17+,18-,19-,20-,21+,23-,24-,25+,26+/m1/s1. The predicted molar refractivity (Wildman–Crippen MR) is 144 cm³/mol. The van der Waals surface area contributed by atoms with Crippen molar-refractivity contribution in [1.29, 1.82) is 0 Å². The Morgan fingerprint density at radius 1 is 0.479 bits per heavy atom. The first-order valence-corrected chi connectivity index (χ1v) is 14.9. The minimum atomic E-state index is -2.06. The average Bonchev–Trinajstić information content (AvgIpc) is 3.08. The highest BCUT2D eigenvalue weighted by Crippen LogP contribution is 2.35. The van der Waals surface area contributed by atoms with Gasteiger partial charge in [0.15, 0.2) is 31.3 Å². The summed E-state index contributed by atoms with van der Waals surface area (Å²) in [6, 6.07) is 0. The molecule has 4 rings (SSSR count). The van der Waals surface area contributed by atoms with Crippen molar-refractivity contribution in [2.24, 2.45) is 0 Å². The van der Waals surface area contributed by atoms with Crippen molar-refractivity contribution in [3.05, 3.63) is 0 Å². The zero-order valence-electron chi connectivity index (χ0n) is 25.6. The molecule has 0 amide bonds. The molecule has 0 bridgehead atoms. The molecule has 4 saturated heterocycles. The summed E-state index contributed by atoms with van der Waals surface area (Å²) in [7, 11) is 2.10. The molecular formula is C26H44O22. The van der Waals surface area contributed by atoms with Gasteiger partial charge in [-0.25, -0.2) is 4.79 Å². The van der Waals surface area contributed by atoms with Gasteiger partial charge in [0.1, 0.15) is 91.6 Å². The molecule has 0 aromatic heterocycles. The highest BCUT2D eigenvalue weighted by molar-refractivity contribution is 5.75. The summed E-state index contributed by atoms with van der Waals surface area (Å²) >= 11 is 0. The molecule has 0 radical (unpaired) electrons. The van der Waals surface area contributed by atoms with Gasteiger partial charge in [-0.05, 0) is 0 Å². The molecule has 48 heavy (non-hydrogen) atoms. The molecular weight excluding hydrogens is 664 g/mol. The number of carbonyl (C=O) groups is 1. The van der Waals surface area contributed by atoms with E-state index in [0.29, 0.717) is 0 Å². The average molecular weight is 709 g/mol. The van der Waals surface area contributed by atoms with Crippen LogP contribution >= 0.6 is 0 Å². The summed E-state index contributed by atoms with van der Waals surface area (Å²) in [5.74, 6) is -1.14. The van der Waals surface area contributed by atoms with Crippen molar-refractivity contribution in [3.63, 3.8) is 0 Å². The normalized spacial score (nSPS) is 50.2. The van der Waals surface area contributed by atoms with Gasteiger partial charge in [0.2, 0.25) is 0 Å². The lowest BCUT2D eigenvalue weighted by atomic mass is 9.95. The Kier molecular flexibility index (Phi) is 13.8. The van der Waals surface area contributed by atoms with E-state index in [-0.39, 0.29) is 0 Å². The second-order valence-corrected chi connectivity index (χ2v) is 11.6. The maximum Gasteiger partial charge on any atom is 0.337 e. The number of rotatable bonds is 11. The van der Waals surface area contributed by atoms with E-state index < -0.39 is 149 Å². The van der Waals surface area contributed by atoms with E-state index in [2.05, 4.69) is 4.74 Å². The van der Waals surface area contributed by atoms with Crippen molar-refractivity contribution in [2.45, 2.75) is 123 Å². The molecule has 4 fully saturated rings. The number of methoxy groups -OCH3 is 2. The fraction of sp³-hybridized carbons (Fsp3) is 0.962. The Labute approximate surface area is 272 Å². The van der Waals surface area contributed by atoms with Crippen LogP contribution in [0.15, 0.2) is 0 Å². The van der Waals surface area contributed by atoms with Crippen LogP contribution in [-0.2, 0) is 47.4 Å². The Morgan fingerprint density at radius 3 is 1.46 bits per heavy atom. The van der Waals surface area contributed by atoms with Crippen molar-refractivity contribution < 1.29 is 109 Å². The molecule has 12 N–H and O–H groups in total. The van der Waals surface area contributed by atoms with Crippen LogP contribution < -0.4 is 0 Å². The third-order valence-corrected chi connectivity index (χ3v) is 8.57.